The first-order valence-electron chi connectivity index (χ1n) is 5.82. The molecule has 16 heavy (non-hydrogen) atoms. The average molecular weight is 216 g/mol. The SMILES string of the molecule is NCC1CCCn2c1cc1c(O)cccc12. The van der Waals surface area contributed by atoms with Crippen LogP contribution in [0.1, 0.15) is 24.5 Å². The molecular weight excluding hydrogens is 200 g/mol. The van der Waals surface area contributed by atoms with Crippen LogP contribution in [0.2, 0.25) is 0 Å². The summed E-state index contributed by atoms with van der Waals surface area (Å²) in [5.74, 6) is 0.815. The molecule has 0 fully saturated rings. The van der Waals surface area contributed by atoms with Crippen LogP contribution in [-0.2, 0) is 6.54 Å². The first kappa shape index (κ1) is 9.73. The number of hydrogen-bond acceptors (Lipinski definition) is 2. The predicted molar refractivity (Wildman–Crippen MR) is 64.6 cm³/mol. The van der Waals surface area contributed by atoms with Gasteiger partial charge >= 0.3 is 0 Å². The third kappa shape index (κ3) is 1.25. The van der Waals surface area contributed by atoms with Gasteiger partial charge in [-0.1, -0.05) is 6.07 Å². The van der Waals surface area contributed by atoms with Crippen molar-refractivity contribution < 1.29 is 5.11 Å². The maximum absolute atomic E-state index is 9.83. The van der Waals surface area contributed by atoms with E-state index in [4.69, 9.17) is 5.73 Å². The summed E-state index contributed by atoms with van der Waals surface area (Å²) < 4.78 is 2.30. The van der Waals surface area contributed by atoms with Gasteiger partial charge in [0.15, 0.2) is 0 Å². The fourth-order valence-electron chi connectivity index (χ4n) is 2.76. The lowest BCUT2D eigenvalue weighted by atomic mass is 9.96. The number of nitrogens with zero attached hydrogens (tertiary/aromatic N) is 1. The van der Waals surface area contributed by atoms with E-state index in [0.29, 0.717) is 18.2 Å². The summed E-state index contributed by atoms with van der Waals surface area (Å²) in [6.07, 6.45) is 2.34. The second-order valence-electron chi connectivity index (χ2n) is 4.51. The summed E-state index contributed by atoms with van der Waals surface area (Å²) in [6.45, 7) is 1.73. The minimum atomic E-state index is 0.371. The van der Waals surface area contributed by atoms with Crippen molar-refractivity contribution in [1.29, 1.82) is 0 Å². The van der Waals surface area contributed by atoms with E-state index < -0.39 is 0 Å². The highest BCUT2D eigenvalue weighted by atomic mass is 16.3. The van der Waals surface area contributed by atoms with Crippen LogP contribution in [0, 0.1) is 0 Å². The Kier molecular flexibility index (Phi) is 2.14. The topological polar surface area (TPSA) is 51.2 Å². The van der Waals surface area contributed by atoms with Gasteiger partial charge in [-0.15, -0.1) is 0 Å². The zero-order valence-corrected chi connectivity index (χ0v) is 9.19. The molecule has 0 bridgehead atoms. The van der Waals surface area contributed by atoms with Crippen molar-refractivity contribution in [3.8, 4) is 5.75 Å². The van der Waals surface area contributed by atoms with Crippen LogP contribution >= 0.6 is 0 Å². The quantitative estimate of drug-likeness (QED) is 0.767. The molecule has 1 aliphatic heterocycles. The maximum Gasteiger partial charge on any atom is 0.124 e. The number of nitrogens with two attached hydrogens (primary N) is 1. The summed E-state index contributed by atoms with van der Waals surface area (Å²) in [6, 6.07) is 7.81. The van der Waals surface area contributed by atoms with E-state index in [1.165, 1.54) is 12.1 Å². The Labute approximate surface area is 94.5 Å². The average Bonchev–Trinajstić information content (AvgIpc) is 2.69. The van der Waals surface area contributed by atoms with Gasteiger partial charge < -0.3 is 15.4 Å². The first-order chi connectivity index (χ1) is 7.81. The van der Waals surface area contributed by atoms with E-state index in [0.717, 1.165) is 23.9 Å². The molecule has 3 nitrogen and oxygen atoms in total. The number of aryl methyl sites for hydroxylation is 1. The van der Waals surface area contributed by atoms with Gasteiger partial charge in [-0.3, -0.25) is 0 Å². The minimum Gasteiger partial charge on any atom is -0.507 e. The maximum atomic E-state index is 9.83. The molecule has 0 amide bonds. The van der Waals surface area contributed by atoms with E-state index in [1.807, 2.05) is 6.07 Å². The van der Waals surface area contributed by atoms with Crippen LogP contribution in [-0.4, -0.2) is 16.2 Å². The van der Waals surface area contributed by atoms with Crippen LogP contribution in [0.15, 0.2) is 24.3 Å². The third-order valence-electron chi connectivity index (χ3n) is 3.59. The molecular formula is C13H16N2O. The second kappa shape index (κ2) is 3.52. The van der Waals surface area contributed by atoms with Crippen LogP contribution in [0.5, 0.6) is 5.75 Å². The van der Waals surface area contributed by atoms with Gasteiger partial charge in [0.05, 0.1) is 5.52 Å². The fourth-order valence-corrected chi connectivity index (χ4v) is 2.76. The standard InChI is InChI=1S/C13H16N2O/c14-8-9-3-2-6-15-11-4-1-5-13(16)10(11)7-12(9)15/h1,4-5,7,9,16H,2-3,6,8,14H2. The zero-order chi connectivity index (χ0) is 11.1. The molecule has 1 atom stereocenters. The van der Waals surface area contributed by atoms with E-state index >= 15 is 0 Å². The Hall–Kier alpha value is -1.48. The minimum absolute atomic E-state index is 0.371. The van der Waals surface area contributed by atoms with Crippen molar-refractivity contribution in [1.82, 2.24) is 4.57 Å². The molecule has 1 aromatic carbocycles. The molecule has 1 aromatic heterocycles. The molecule has 1 unspecified atom stereocenters. The highest BCUT2D eigenvalue weighted by Crippen LogP contribution is 2.35. The van der Waals surface area contributed by atoms with Crippen molar-refractivity contribution in [3.05, 3.63) is 30.0 Å². The molecule has 2 aromatic rings. The summed E-state index contributed by atoms with van der Waals surface area (Å²) in [5, 5.41) is 10.8. The Morgan fingerprint density at radius 3 is 3.12 bits per heavy atom. The van der Waals surface area contributed by atoms with Gasteiger partial charge in [-0.2, -0.15) is 0 Å². The van der Waals surface area contributed by atoms with Gasteiger partial charge in [-0.25, -0.2) is 0 Å². The van der Waals surface area contributed by atoms with Crippen LogP contribution in [0.25, 0.3) is 10.9 Å². The summed E-state index contributed by atoms with van der Waals surface area (Å²) in [4.78, 5) is 0. The van der Waals surface area contributed by atoms with Crippen LogP contribution < -0.4 is 5.73 Å². The summed E-state index contributed by atoms with van der Waals surface area (Å²) in [5.41, 5.74) is 8.22. The predicted octanol–water partition coefficient (Wildman–Crippen LogP) is 2.18. The third-order valence-corrected chi connectivity index (χ3v) is 3.59. The lowest BCUT2D eigenvalue weighted by Crippen LogP contribution is -2.21. The smallest absolute Gasteiger partial charge is 0.124 e. The van der Waals surface area contributed by atoms with Gasteiger partial charge in [0.1, 0.15) is 5.75 Å². The molecule has 0 saturated carbocycles. The zero-order valence-electron chi connectivity index (χ0n) is 9.19. The van der Waals surface area contributed by atoms with Crippen molar-refractivity contribution >= 4 is 10.9 Å². The van der Waals surface area contributed by atoms with Crippen molar-refractivity contribution in [2.75, 3.05) is 6.54 Å². The highest BCUT2D eigenvalue weighted by Gasteiger charge is 2.21. The molecule has 3 N–H and O–H groups in total. The van der Waals surface area contributed by atoms with Gasteiger partial charge in [0, 0.05) is 30.1 Å². The number of phenolic OH excluding ortho intramolecular Hbond substituents is 1. The summed E-state index contributed by atoms with van der Waals surface area (Å²) in [7, 11) is 0. The molecule has 0 aliphatic carbocycles. The largest absolute Gasteiger partial charge is 0.507 e. The van der Waals surface area contributed by atoms with Crippen molar-refractivity contribution in [2.45, 2.75) is 25.3 Å². The molecule has 0 spiro atoms. The number of aromatic hydroxyl groups is 1. The van der Waals surface area contributed by atoms with E-state index in [-0.39, 0.29) is 0 Å². The summed E-state index contributed by atoms with van der Waals surface area (Å²) >= 11 is 0. The molecule has 0 radical (unpaired) electrons. The monoisotopic (exact) mass is 216 g/mol. The lowest BCUT2D eigenvalue weighted by molar-refractivity contribution is 0.467. The van der Waals surface area contributed by atoms with Gasteiger partial charge in [0.25, 0.3) is 0 Å². The Bertz CT molecular complexity index is 530. The van der Waals surface area contributed by atoms with Gasteiger partial charge in [0.2, 0.25) is 0 Å². The number of phenols is 1. The number of fused-ring (bicyclic) bond motifs is 3. The molecule has 3 rings (SSSR count). The Balaban J connectivity index is 2.28. The fraction of sp³-hybridized carbons (Fsp3) is 0.385. The molecule has 84 valence electrons. The number of rotatable bonds is 1. The number of hydrogen-bond donors (Lipinski definition) is 2. The Morgan fingerprint density at radius 1 is 1.44 bits per heavy atom. The number of benzene rings is 1. The van der Waals surface area contributed by atoms with Crippen LogP contribution in [0.3, 0.4) is 0 Å². The molecule has 0 saturated heterocycles. The first-order valence-corrected chi connectivity index (χ1v) is 5.82. The molecule has 3 heteroatoms. The van der Waals surface area contributed by atoms with Crippen LogP contribution in [0.4, 0.5) is 0 Å². The van der Waals surface area contributed by atoms with Crippen molar-refractivity contribution in [3.63, 3.8) is 0 Å². The van der Waals surface area contributed by atoms with E-state index in [2.05, 4.69) is 16.7 Å². The molecule has 2 heterocycles. The lowest BCUT2D eigenvalue weighted by Gasteiger charge is -2.24. The van der Waals surface area contributed by atoms with E-state index in [1.54, 1.807) is 6.07 Å². The van der Waals surface area contributed by atoms with Crippen molar-refractivity contribution in [2.24, 2.45) is 5.73 Å². The normalized spacial score (nSPS) is 19.9. The number of aromatic nitrogens is 1. The molecule has 1 aliphatic rings. The second-order valence-corrected chi connectivity index (χ2v) is 4.51. The Morgan fingerprint density at radius 2 is 2.31 bits per heavy atom. The van der Waals surface area contributed by atoms with E-state index in [9.17, 15) is 5.11 Å². The highest BCUT2D eigenvalue weighted by molar-refractivity contribution is 5.87. The van der Waals surface area contributed by atoms with Gasteiger partial charge in [-0.05, 0) is 31.0 Å².